The van der Waals surface area contributed by atoms with E-state index in [9.17, 15) is 5.26 Å². The summed E-state index contributed by atoms with van der Waals surface area (Å²) in [5, 5.41) is 9.60. The van der Waals surface area contributed by atoms with Gasteiger partial charge in [-0.25, -0.2) is 15.0 Å². The smallest absolute Gasteiger partial charge is 0.164 e. The molecule has 43 heavy (non-hydrogen) atoms. The predicted molar refractivity (Wildman–Crippen MR) is 171 cm³/mol. The molecule has 8 rings (SSSR count). The van der Waals surface area contributed by atoms with E-state index in [1.165, 1.54) is 40.7 Å². The van der Waals surface area contributed by atoms with Gasteiger partial charge >= 0.3 is 0 Å². The molecule has 6 aromatic rings. The van der Waals surface area contributed by atoms with Crippen molar-refractivity contribution in [2.75, 3.05) is 0 Å². The third-order valence-corrected chi connectivity index (χ3v) is 9.12. The van der Waals surface area contributed by atoms with E-state index in [1.54, 1.807) is 0 Å². The Bertz CT molecular complexity index is 1960. The average molecular weight is 553 g/mol. The minimum Gasteiger partial charge on any atom is -0.208 e. The second-order valence-corrected chi connectivity index (χ2v) is 11.5. The minimum absolute atomic E-state index is 0.0139. The Kier molecular flexibility index (Phi) is 5.98. The number of rotatable bonds is 4. The van der Waals surface area contributed by atoms with Crippen LogP contribution < -0.4 is 0 Å². The number of hydrogen-bond donors (Lipinski definition) is 0. The van der Waals surface area contributed by atoms with Crippen LogP contribution in [0.5, 0.6) is 0 Å². The molecular formula is C39H28N4. The molecule has 2 aliphatic carbocycles. The molecule has 1 fully saturated rings. The van der Waals surface area contributed by atoms with Gasteiger partial charge in [-0.1, -0.05) is 116 Å². The molecule has 1 saturated carbocycles. The van der Waals surface area contributed by atoms with Gasteiger partial charge in [0.05, 0.1) is 11.6 Å². The van der Waals surface area contributed by atoms with Gasteiger partial charge in [0.25, 0.3) is 0 Å². The molecule has 0 N–H and O–H groups in total. The molecule has 0 amide bonds. The zero-order chi connectivity index (χ0) is 28.8. The van der Waals surface area contributed by atoms with Crippen LogP contribution in [0, 0.1) is 11.3 Å². The van der Waals surface area contributed by atoms with Crippen molar-refractivity contribution in [3.63, 3.8) is 0 Å². The molecule has 4 heteroatoms. The Hall–Kier alpha value is -5.40. The topological polar surface area (TPSA) is 62.5 Å². The van der Waals surface area contributed by atoms with Gasteiger partial charge in [-0.15, -0.1) is 0 Å². The van der Waals surface area contributed by atoms with E-state index < -0.39 is 0 Å². The lowest BCUT2D eigenvalue weighted by Gasteiger charge is -2.27. The Morgan fingerprint density at radius 2 is 0.953 bits per heavy atom. The van der Waals surface area contributed by atoms with Gasteiger partial charge in [0, 0.05) is 22.1 Å². The van der Waals surface area contributed by atoms with E-state index in [0.717, 1.165) is 40.7 Å². The monoisotopic (exact) mass is 552 g/mol. The maximum absolute atomic E-state index is 9.60. The lowest BCUT2D eigenvalue weighted by atomic mass is 9.76. The van der Waals surface area contributed by atoms with Crippen molar-refractivity contribution >= 4 is 0 Å². The summed E-state index contributed by atoms with van der Waals surface area (Å²) in [6, 6.07) is 44.2. The van der Waals surface area contributed by atoms with Crippen LogP contribution in [0.4, 0.5) is 0 Å². The quantitative estimate of drug-likeness (QED) is 0.219. The number of hydrogen-bond acceptors (Lipinski definition) is 4. The third kappa shape index (κ3) is 4.24. The van der Waals surface area contributed by atoms with Crippen LogP contribution in [0.3, 0.4) is 0 Å². The van der Waals surface area contributed by atoms with Crippen molar-refractivity contribution in [1.29, 1.82) is 5.26 Å². The number of fused-ring (bicyclic) bond motifs is 5. The minimum atomic E-state index is 0.0139. The van der Waals surface area contributed by atoms with Gasteiger partial charge in [-0.3, -0.25) is 0 Å². The lowest BCUT2D eigenvalue weighted by Crippen LogP contribution is -2.20. The van der Waals surface area contributed by atoms with Gasteiger partial charge in [-0.2, -0.15) is 5.26 Å². The zero-order valence-corrected chi connectivity index (χ0v) is 23.7. The first kappa shape index (κ1) is 25.3. The Balaban J connectivity index is 1.18. The van der Waals surface area contributed by atoms with Crippen LogP contribution in [0.1, 0.15) is 42.4 Å². The van der Waals surface area contributed by atoms with Gasteiger partial charge in [0.2, 0.25) is 0 Å². The summed E-state index contributed by atoms with van der Waals surface area (Å²) in [4.78, 5) is 14.6. The van der Waals surface area contributed by atoms with Crippen molar-refractivity contribution in [3.8, 4) is 62.5 Å². The molecule has 1 spiro atoms. The van der Waals surface area contributed by atoms with E-state index in [1.807, 2.05) is 66.7 Å². The van der Waals surface area contributed by atoms with Crippen LogP contribution in [0.2, 0.25) is 0 Å². The highest BCUT2D eigenvalue weighted by molar-refractivity contribution is 5.85. The maximum Gasteiger partial charge on any atom is 0.164 e. The summed E-state index contributed by atoms with van der Waals surface area (Å²) in [5.74, 6) is 1.98. The van der Waals surface area contributed by atoms with Crippen LogP contribution in [-0.2, 0) is 5.41 Å². The fraction of sp³-hybridized carbons (Fsp3) is 0.128. The second-order valence-electron chi connectivity index (χ2n) is 11.5. The van der Waals surface area contributed by atoms with Crippen LogP contribution >= 0.6 is 0 Å². The van der Waals surface area contributed by atoms with Gasteiger partial charge in [0.1, 0.15) is 0 Å². The lowest BCUT2D eigenvalue weighted by molar-refractivity contribution is 0.550. The molecule has 0 atom stereocenters. The standard InChI is InChI=1S/C39H28N4/c40-25-26-13-19-32-33-20-18-31(24-35(33)39(34(32)23-26)21-7-8-22-39)27-14-16-30(17-15-27)38-42-36(28-9-3-1-4-10-28)41-37(43-38)29-11-5-2-6-12-29/h1-6,9-20,23-24H,7-8,21-22H2. The number of nitriles is 1. The largest absolute Gasteiger partial charge is 0.208 e. The Morgan fingerprint density at radius 3 is 1.51 bits per heavy atom. The highest BCUT2D eigenvalue weighted by Crippen LogP contribution is 2.57. The van der Waals surface area contributed by atoms with E-state index in [-0.39, 0.29) is 5.41 Å². The van der Waals surface area contributed by atoms with E-state index in [0.29, 0.717) is 17.5 Å². The van der Waals surface area contributed by atoms with E-state index in [4.69, 9.17) is 15.0 Å². The third-order valence-electron chi connectivity index (χ3n) is 9.12. The summed E-state index contributed by atoms with van der Waals surface area (Å²) in [6.45, 7) is 0. The van der Waals surface area contributed by atoms with Gasteiger partial charge in [-0.05, 0) is 64.4 Å². The fourth-order valence-electron chi connectivity index (χ4n) is 7.01. The molecule has 0 saturated heterocycles. The van der Waals surface area contributed by atoms with Crippen LogP contribution in [0.25, 0.3) is 56.4 Å². The van der Waals surface area contributed by atoms with Crippen molar-refractivity contribution in [2.45, 2.75) is 31.1 Å². The number of benzene rings is 5. The number of nitrogens with zero attached hydrogens (tertiary/aromatic N) is 4. The Labute approximate surface area is 251 Å². The zero-order valence-electron chi connectivity index (χ0n) is 23.7. The molecule has 0 radical (unpaired) electrons. The highest BCUT2D eigenvalue weighted by Gasteiger charge is 2.45. The summed E-state index contributed by atoms with van der Waals surface area (Å²) in [5.41, 5.74) is 11.3. The molecule has 2 aliphatic rings. The van der Waals surface area contributed by atoms with E-state index >= 15 is 0 Å². The van der Waals surface area contributed by atoms with E-state index in [2.05, 4.69) is 60.7 Å². The van der Waals surface area contributed by atoms with Crippen molar-refractivity contribution < 1.29 is 0 Å². The first-order chi connectivity index (χ1) is 21.2. The molecule has 1 aromatic heterocycles. The normalized spacial score (nSPS) is 14.3. The number of aromatic nitrogens is 3. The van der Waals surface area contributed by atoms with Gasteiger partial charge < -0.3 is 0 Å². The highest BCUT2D eigenvalue weighted by atomic mass is 15.0. The summed E-state index contributed by atoms with van der Waals surface area (Å²) in [6.07, 6.45) is 4.71. The molecule has 4 nitrogen and oxygen atoms in total. The molecule has 0 aliphatic heterocycles. The SMILES string of the molecule is N#Cc1ccc2c(c1)C1(CCCC1)c1cc(-c3ccc(-c4nc(-c5ccccc5)nc(-c5ccccc5)n4)cc3)ccc1-2. The predicted octanol–water partition coefficient (Wildman–Crippen LogP) is 9.25. The van der Waals surface area contributed by atoms with Crippen molar-refractivity contribution in [3.05, 3.63) is 138 Å². The summed E-state index contributed by atoms with van der Waals surface area (Å²) >= 11 is 0. The summed E-state index contributed by atoms with van der Waals surface area (Å²) < 4.78 is 0. The molecular weight excluding hydrogens is 524 g/mol. The molecule has 204 valence electrons. The molecule has 0 unspecified atom stereocenters. The van der Waals surface area contributed by atoms with Crippen LogP contribution in [0.15, 0.2) is 121 Å². The average Bonchev–Trinajstić information content (AvgIpc) is 3.69. The fourth-order valence-corrected chi connectivity index (χ4v) is 7.01. The molecule has 5 aromatic carbocycles. The second kappa shape index (κ2) is 10.2. The van der Waals surface area contributed by atoms with Gasteiger partial charge in [0.15, 0.2) is 17.5 Å². The first-order valence-electron chi connectivity index (χ1n) is 14.9. The van der Waals surface area contributed by atoms with Crippen molar-refractivity contribution in [1.82, 2.24) is 15.0 Å². The van der Waals surface area contributed by atoms with Crippen molar-refractivity contribution in [2.24, 2.45) is 0 Å². The molecule has 0 bridgehead atoms. The first-order valence-corrected chi connectivity index (χ1v) is 14.9. The molecule has 1 heterocycles. The summed E-state index contributed by atoms with van der Waals surface area (Å²) in [7, 11) is 0. The van der Waals surface area contributed by atoms with Crippen LogP contribution in [-0.4, -0.2) is 15.0 Å². The maximum atomic E-state index is 9.60. The Morgan fingerprint density at radius 1 is 0.488 bits per heavy atom.